The number of hydrogen-bond acceptors (Lipinski definition) is 4. The van der Waals surface area contributed by atoms with E-state index in [4.69, 9.17) is 10.00 Å². The zero-order valence-corrected chi connectivity index (χ0v) is 11.9. The maximum Gasteiger partial charge on any atom is 0.143 e. The lowest BCUT2D eigenvalue weighted by molar-refractivity contribution is -0.000632. The van der Waals surface area contributed by atoms with Crippen LogP contribution in [0.2, 0.25) is 0 Å². The molecule has 0 radical (unpaired) electrons. The van der Waals surface area contributed by atoms with E-state index in [-0.39, 0.29) is 11.1 Å². The molecule has 1 saturated heterocycles. The normalized spacial score (nSPS) is 17.8. The van der Waals surface area contributed by atoms with Gasteiger partial charge in [-0.1, -0.05) is 6.07 Å². The molecule has 0 unspecified atom stereocenters. The monoisotopic (exact) mass is 277 g/mol. The average Bonchev–Trinajstić information content (AvgIpc) is 2.46. The van der Waals surface area contributed by atoms with Crippen LogP contribution < -0.4 is 5.32 Å². The Morgan fingerprint density at radius 3 is 2.70 bits per heavy atom. The first-order valence-electron chi connectivity index (χ1n) is 6.77. The second kappa shape index (κ2) is 6.21. The Labute approximate surface area is 119 Å². The van der Waals surface area contributed by atoms with Crippen LogP contribution in [0.5, 0.6) is 0 Å². The van der Waals surface area contributed by atoms with Crippen molar-refractivity contribution in [3.8, 4) is 6.07 Å². The van der Waals surface area contributed by atoms with Crippen molar-refractivity contribution < 1.29 is 9.13 Å². The predicted molar refractivity (Wildman–Crippen MR) is 76.1 cm³/mol. The molecule has 0 aromatic heterocycles. The summed E-state index contributed by atoms with van der Waals surface area (Å²) in [6.45, 7) is 2.13. The number of hydrogen-bond donors (Lipinski definition) is 1. The predicted octanol–water partition coefficient (Wildman–Crippen LogP) is 2.22. The van der Waals surface area contributed by atoms with Crippen LogP contribution in [0.1, 0.15) is 18.4 Å². The average molecular weight is 277 g/mol. The fourth-order valence-corrected chi connectivity index (χ4v) is 2.58. The summed E-state index contributed by atoms with van der Waals surface area (Å²) in [7, 11) is 4.09. The van der Waals surface area contributed by atoms with Gasteiger partial charge in [-0.05, 0) is 39.1 Å². The number of ether oxygens (including phenoxy) is 1. The van der Waals surface area contributed by atoms with Crippen molar-refractivity contribution in [1.82, 2.24) is 4.90 Å². The molecule has 0 aliphatic carbocycles. The Morgan fingerprint density at radius 1 is 1.40 bits per heavy atom. The molecular formula is C15H20FN3O. The van der Waals surface area contributed by atoms with Crippen LogP contribution >= 0.6 is 0 Å². The van der Waals surface area contributed by atoms with E-state index in [1.54, 1.807) is 12.1 Å². The smallest absolute Gasteiger partial charge is 0.143 e. The van der Waals surface area contributed by atoms with Gasteiger partial charge in [0.15, 0.2) is 0 Å². The van der Waals surface area contributed by atoms with Crippen LogP contribution in [0.15, 0.2) is 18.2 Å². The van der Waals surface area contributed by atoms with Gasteiger partial charge in [-0.2, -0.15) is 5.26 Å². The number of nitrogens with zero attached hydrogens (tertiary/aromatic N) is 2. The number of rotatable bonds is 4. The van der Waals surface area contributed by atoms with Crippen LogP contribution in [0.4, 0.5) is 10.1 Å². The van der Waals surface area contributed by atoms with E-state index in [0.717, 1.165) is 26.1 Å². The second-order valence-corrected chi connectivity index (χ2v) is 5.36. The van der Waals surface area contributed by atoms with E-state index in [0.29, 0.717) is 12.2 Å². The highest BCUT2D eigenvalue weighted by Gasteiger charge is 2.34. The molecule has 1 heterocycles. The van der Waals surface area contributed by atoms with Gasteiger partial charge in [0, 0.05) is 25.3 Å². The van der Waals surface area contributed by atoms with Crippen molar-refractivity contribution in [3.05, 3.63) is 29.6 Å². The SMILES string of the molecule is CN(C)C1(CNc2cccc(F)c2C#N)CCOCC1. The Hall–Kier alpha value is -1.64. The first kappa shape index (κ1) is 14.8. The Balaban J connectivity index is 2.14. The van der Waals surface area contributed by atoms with Crippen molar-refractivity contribution in [2.45, 2.75) is 18.4 Å². The van der Waals surface area contributed by atoms with Gasteiger partial charge in [0.25, 0.3) is 0 Å². The third kappa shape index (κ3) is 2.92. The molecule has 0 atom stereocenters. The van der Waals surface area contributed by atoms with E-state index in [1.807, 2.05) is 20.2 Å². The molecule has 1 aromatic carbocycles. The highest BCUT2D eigenvalue weighted by Crippen LogP contribution is 2.27. The van der Waals surface area contributed by atoms with Gasteiger partial charge in [-0.3, -0.25) is 0 Å². The summed E-state index contributed by atoms with van der Waals surface area (Å²) in [5.74, 6) is -0.483. The molecule has 1 fully saturated rings. The highest BCUT2D eigenvalue weighted by atomic mass is 19.1. The van der Waals surface area contributed by atoms with Gasteiger partial charge in [0.2, 0.25) is 0 Å². The van der Waals surface area contributed by atoms with Crippen molar-refractivity contribution in [1.29, 1.82) is 5.26 Å². The Kier molecular flexibility index (Phi) is 4.58. The highest BCUT2D eigenvalue weighted by molar-refractivity contribution is 5.58. The quantitative estimate of drug-likeness (QED) is 0.916. The largest absolute Gasteiger partial charge is 0.382 e. The Bertz CT molecular complexity index is 504. The molecule has 0 amide bonds. The third-order valence-electron chi connectivity index (χ3n) is 4.11. The first-order chi connectivity index (χ1) is 9.59. The molecule has 1 N–H and O–H groups in total. The molecule has 1 aliphatic rings. The molecule has 1 aliphatic heterocycles. The van der Waals surface area contributed by atoms with Gasteiger partial charge < -0.3 is 15.0 Å². The summed E-state index contributed by atoms with van der Waals surface area (Å²) in [6, 6.07) is 6.58. The molecule has 0 spiro atoms. The number of benzene rings is 1. The van der Waals surface area contributed by atoms with Crippen LogP contribution in [-0.4, -0.2) is 44.3 Å². The van der Waals surface area contributed by atoms with Gasteiger partial charge in [0.1, 0.15) is 17.4 Å². The van der Waals surface area contributed by atoms with E-state index >= 15 is 0 Å². The van der Waals surface area contributed by atoms with Crippen LogP contribution in [0, 0.1) is 17.1 Å². The van der Waals surface area contributed by atoms with Crippen LogP contribution in [-0.2, 0) is 4.74 Å². The van der Waals surface area contributed by atoms with Gasteiger partial charge in [-0.25, -0.2) is 4.39 Å². The van der Waals surface area contributed by atoms with E-state index < -0.39 is 5.82 Å². The summed E-state index contributed by atoms with van der Waals surface area (Å²) in [4.78, 5) is 2.19. The lowest BCUT2D eigenvalue weighted by Crippen LogP contribution is -2.53. The summed E-state index contributed by atoms with van der Waals surface area (Å²) in [5.41, 5.74) is 0.616. The van der Waals surface area contributed by atoms with Crippen LogP contribution in [0.3, 0.4) is 0 Å². The number of likely N-dealkylation sites (N-methyl/N-ethyl adjacent to an activating group) is 1. The minimum atomic E-state index is -0.483. The molecule has 0 saturated carbocycles. The van der Waals surface area contributed by atoms with E-state index in [1.165, 1.54) is 6.07 Å². The third-order valence-corrected chi connectivity index (χ3v) is 4.11. The zero-order chi connectivity index (χ0) is 14.6. The molecule has 0 bridgehead atoms. The minimum Gasteiger partial charge on any atom is -0.382 e. The van der Waals surface area contributed by atoms with Crippen molar-refractivity contribution in [2.24, 2.45) is 0 Å². The van der Waals surface area contributed by atoms with Crippen molar-refractivity contribution >= 4 is 5.69 Å². The van der Waals surface area contributed by atoms with Gasteiger partial charge in [-0.15, -0.1) is 0 Å². The zero-order valence-electron chi connectivity index (χ0n) is 11.9. The summed E-state index contributed by atoms with van der Waals surface area (Å²) in [5, 5.41) is 12.3. The lowest BCUT2D eigenvalue weighted by Gasteiger charge is -2.43. The second-order valence-electron chi connectivity index (χ2n) is 5.36. The van der Waals surface area contributed by atoms with Crippen molar-refractivity contribution in [3.63, 3.8) is 0 Å². The molecule has 5 heteroatoms. The molecule has 2 rings (SSSR count). The molecule has 108 valence electrons. The van der Waals surface area contributed by atoms with E-state index in [2.05, 4.69) is 10.2 Å². The van der Waals surface area contributed by atoms with Gasteiger partial charge in [0.05, 0.1) is 5.69 Å². The van der Waals surface area contributed by atoms with Gasteiger partial charge >= 0.3 is 0 Å². The fraction of sp³-hybridized carbons (Fsp3) is 0.533. The maximum absolute atomic E-state index is 13.6. The maximum atomic E-state index is 13.6. The van der Waals surface area contributed by atoms with Crippen LogP contribution in [0.25, 0.3) is 0 Å². The standard InChI is InChI=1S/C15H20FN3O/c1-19(2)15(6-8-20-9-7-15)11-18-14-5-3-4-13(16)12(14)10-17/h3-5,18H,6-9,11H2,1-2H3. The lowest BCUT2D eigenvalue weighted by atomic mass is 9.88. The number of nitriles is 1. The Morgan fingerprint density at radius 2 is 2.10 bits per heavy atom. The van der Waals surface area contributed by atoms with E-state index in [9.17, 15) is 4.39 Å². The summed E-state index contributed by atoms with van der Waals surface area (Å²) >= 11 is 0. The number of nitrogens with one attached hydrogen (secondary N) is 1. The summed E-state index contributed by atoms with van der Waals surface area (Å²) in [6.07, 6.45) is 1.84. The molecule has 20 heavy (non-hydrogen) atoms. The molecule has 1 aromatic rings. The number of halogens is 1. The topological polar surface area (TPSA) is 48.3 Å². The first-order valence-corrected chi connectivity index (χ1v) is 6.77. The molecule has 4 nitrogen and oxygen atoms in total. The molecular weight excluding hydrogens is 257 g/mol. The summed E-state index contributed by atoms with van der Waals surface area (Å²) < 4.78 is 19.0. The number of anilines is 1. The fourth-order valence-electron chi connectivity index (χ4n) is 2.58. The minimum absolute atomic E-state index is 0.0166. The van der Waals surface area contributed by atoms with Crippen molar-refractivity contribution in [2.75, 3.05) is 39.2 Å².